The smallest absolute Gasteiger partial charge is 0.319 e. The quantitative estimate of drug-likeness (QED) is 0.735. The molecule has 0 saturated heterocycles. The van der Waals surface area contributed by atoms with E-state index in [-0.39, 0.29) is 12.6 Å². The Morgan fingerprint density at radius 1 is 1.37 bits per heavy atom. The molecule has 1 aromatic carbocycles. The number of aliphatic hydroxyl groups is 1. The number of aliphatic hydroxyl groups excluding tert-OH is 1. The van der Waals surface area contributed by atoms with Crippen molar-refractivity contribution in [3.63, 3.8) is 0 Å². The zero-order valence-electron chi connectivity index (χ0n) is 11.7. The number of anilines is 1. The van der Waals surface area contributed by atoms with Crippen molar-refractivity contribution >= 4 is 11.7 Å². The summed E-state index contributed by atoms with van der Waals surface area (Å²) in [6.45, 7) is 4.71. The molecule has 0 aromatic heterocycles. The van der Waals surface area contributed by atoms with E-state index in [0.717, 1.165) is 11.3 Å². The van der Waals surface area contributed by atoms with Gasteiger partial charge < -0.3 is 20.5 Å². The molecule has 1 aromatic rings. The molecular weight excluding hydrogens is 244 g/mol. The van der Waals surface area contributed by atoms with Gasteiger partial charge in [-0.25, -0.2) is 4.79 Å². The standard InChI is InChI=1S/C14H22N2O3/c1-10-4-5-12(8-11(10)2)16-14(18)15-7-6-13(17)9-19-3/h4-5,8,13,17H,6-7,9H2,1-3H3,(H2,15,16,18). The summed E-state index contributed by atoms with van der Waals surface area (Å²) in [6.07, 6.45) is -0.0827. The summed E-state index contributed by atoms with van der Waals surface area (Å²) >= 11 is 0. The summed E-state index contributed by atoms with van der Waals surface area (Å²) < 4.78 is 4.80. The van der Waals surface area contributed by atoms with Crippen molar-refractivity contribution in [2.45, 2.75) is 26.4 Å². The van der Waals surface area contributed by atoms with Crippen LogP contribution in [0.3, 0.4) is 0 Å². The minimum Gasteiger partial charge on any atom is -0.391 e. The Labute approximate surface area is 114 Å². The Kier molecular flexibility index (Phi) is 6.32. The first kappa shape index (κ1) is 15.5. The molecule has 1 unspecified atom stereocenters. The molecule has 0 fully saturated rings. The summed E-state index contributed by atoms with van der Waals surface area (Å²) in [4.78, 5) is 11.6. The number of carbonyl (C=O) groups is 1. The van der Waals surface area contributed by atoms with Crippen LogP contribution in [0.1, 0.15) is 17.5 Å². The molecule has 0 aliphatic rings. The number of methoxy groups -OCH3 is 1. The largest absolute Gasteiger partial charge is 0.391 e. The van der Waals surface area contributed by atoms with Gasteiger partial charge in [0.25, 0.3) is 0 Å². The molecule has 0 saturated carbocycles. The highest BCUT2D eigenvalue weighted by atomic mass is 16.5. The second-order valence-electron chi connectivity index (χ2n) is 4.58. The van der Waals surface area contributed by atoms with Crippen LogP contribution in [-0.4, -0.2) is 37.5 Å². The first-order chi connectivity index (χ1) is 9.02. The third-order valence-electron chi connectivity index (χ3n) is 2.89. The van der Waals surface area contributed by atoms with E-state index in [9.17, 15) is 9.90 Å². The van der Waals surface area contributed by atoms with Crippen molar-refractivity contribution < 1.29 is 14.6 Å². The molecule has 0 radical (unpaired) electrons. The Hall–Kier alpha value is -1.59. The SMILES string of the molecule is COCC(O)CCNC(=O)Nc1ccc(C)c(C)c1. The van der Waals surface area contributed by atoms with Crippen molar-refractivity contribution in [3.05, 3.63) is 29.3 Å². The van der Waals surface area contributed by atoms with Crippen LogP contribution in [0.4, 0.5) is 10.5 Å². The Bertz CT molecular complexity index is 421. The maximum atomic E-state index is 11.6. The first-order valence-electron chi connectivity index (χ1n) is 6.32. The van der Waals surface area contributed by atoms with Crippen LogP contribution < -0.4 is 10.6 Å². The predicted molar refractivity (Wildman–Crippen MR) is 75.4 cm³/mol. The Balaban J connectivity index is 2.33. The van der Waals surface area contributed by atoms with Gasteiger partial charge in [-0.1, -0.05) is 6.07 Å². The average Bonchev–Trinajstić information content (AvgIpc) is 2.34. The maximum Gasteiger partial charge on any atom is 0.319 e. The van der Waals surface area contributed by atoms with Crippen molar-refractivity contribution in [1.29, 1.82) is 0 Å². The van der Waals surface area contributed by atoms with Gasteiger partial charge in [0.2, 0.25) is 0 Å². The Morgan fingerprint density at radius 2 is 2.11 bits per heavy atom. The zero-order valence-corrected chi connectivity index (χ0v) is 11.7. The summed E-state index contributed by atoms with van der Waals surface area (Å²) in [7, 11) is 1.53. The van der Waals surface area contributed by atoms with Gasteiger partial charge in [-0.05, 0) is 43.5 Å². The summed E-state index contributed by atoms with van der Waals surface area (Å²) in [5.41, 5.74) is 3.08. The molecule has 1 rings (SSSR count). The number of urea groups is 1. The number of rotatable bonds is 6. The maximum absolute atomic E-state index is 11.6. The molecule has 0 aliphatic carbocycles. The lowest BCUT2D eigenvalue weighted by Crippen LogP contribution is -2.32. The second-order valence-corrected chi connectivity index (χ2v) is 4.58. The fourth-order valence-corrected chi connectivity index (χ4v) is 1.62. The fraction of sp³-hybridized carbons (Fsp3) is 0.500. The summed E-state index contributed by atoms with van der Waals surface area (Å²) in [6, 6.07) is 5.48. The van der Waals surface area contributed by atoms with Gasteiger partial charge in [-0.3, -0.25) is 0 Å². The van der Waals surface area contributed by atoms with Gasteiger partial charge in [0.1, 0.15) is 0 Å². The molecule has 1 atom stereocenters. The van der Waals surface area contributed by atoms with Crippen LogP contribution in [0.15, 0.2) is 18.2 Å². The van der Waals surface area contributed by atoms with Gasteiger partial charge >= 0.3 is 6.03 Å². The van der Waals surface area contributed by atoms with Crippen LogP contribution in [-0.2, 0) is 4.74 Å². The third-order valence-corrected chi connectivity index (χ3v) is 2.89. The molecule has 0 spiro atoms. The Morgan fingerprint density at radius 3 is 2.74 bits per heavy atom. The van der Waals surface area contributed by atoms with Crippen molar-refractivity contribution in [1.82, 2.24) is 5.32 Å². The molecular formula is C14H22N2O3. The molecule has 106 valence electrons. The molecule has 5 nitrogen and oxygen atoms in total. The molecule has 0 heterocycles. The highest BCUT2D eigenvalue weighted by Gasteiger charge is 2.05. The van der Waals surface area contributed by atoms with Crippen molar-refractivity contribution in [3.8, 4) is 0 Å². The molecule has 0 aliphatic heterocycles. The van der Waals surface area contributed by atoms with Crippen LogP contribution in [0, 0.1) is 13.8 Å². The second kappa shape index (κ2) is 7.76. The number of benzene rings is 1. The van der Waals surface area contributed by atoms with E-state index in [1.54, 1.807) is 0 Å². The van der Waals surface area contributed by atoms with Crippen LogP contribution in [0.2, 0.25) is 0 Å². The number of carbonyl (C=O) groups excluding carboxylic acids is 1. The number of hydrogen-bond acceptors (Lipinski definition) is 3. The number of nitrogens with one attached hydrogen (secondary N) is 2. The molecule has 2 amide bonds. The van der Waals surface area contributed by atoms with E-state index in [1.165, 1.54) is 12.7 Å². The average molecular weight is 266 g/mol. The minimum atomic E-state index is -0.549. The monoisotopic (exact) mass is 266 g/mol. The molecule has 0 bridgehead atoms. The highest BCUT2D eigenvalue weighted by molar-refractivity contribution is 5.89. The number of hydrogen-bond donors (Lipinski definition) is 3. The number of aryl methyl sites for hydroxylation is 2. The first-order valence-corrected chi connectivity index (χ1v) is 6.32. The van der Waals surface area contributed by atoms with E-state index < -0.39 is 6.10 Å². The van der Waals surface area contributed by atoms with E-state index in [2.05, 4.69) is 10.6 Å². The lowest BCUT2D eigenvalue weighted by molar-refractivity contribution is 0.0599. The van der Waals surface area contributed by atoms with Crippen LogP contribution in [0.25, 0.3) is 0 Å². The van der Waals surface area contributed by atoms with Gasteiger partial charge in [0, 0.05) is 19.3 Å². The lowest BCUT2D eigenvalue weighted by atomic mass is 10.1. The lowest BCUT2D eigenvalue weighted by Gasteiger charge is -2.11. The molecule has 3 N–H and O–H groups in total. The van der Waals surface area contributed by atoms with Crippen LogP contribution in [0.5, 0.6) is 0 Å². The molecule has 19 heavy (non-hydrogen) atoms. The summed E-state index contributed by atoms with van der Waals surface area (Å²) in [5, 5.41) is 14.9. The molecule has 5 heteroatoms. The number of ether oxygens (including phenoxy) is 1. The van der Waals surface area contributed by atoms with Crippen LogP contribution >= 0.6 is 0 Å². The van der Waals surface area contributed by atoms with E-state index in [4.69, 9.17) is 4.74 Å². The van der Waals surface area contributed by atoms with Gasteiger partial charge in [-0.15, -0.1) is 0 Å². The predicted octanol–water partition coefficient (Wildman–Crippen LogP) is 1.82. The topological polar surface area (TPSA) is 70.6 Å². The highest BCUT2D eigenvalue weighted by Crippen LogP contribution is 2.13. The van der Waals surface area contributed by atoms with Crippen molar-refractivity contribution in [2.24, 2.45) is 0 Å². The number of amides is 2. The minimum absolute atomic E-state index is 0.270. The van der Waals surface area contributed by atoms with E-state index in [0.29, 0.717) is 13.0 Å². The summed E-state index contributed by atoms with van der Waals surface area (Å²) in [5.74, 6) is 0. The van der Waals surface area contributed by atoms with Gasteiger partial charge in [0.05, 0.1) is 12.7 Å². The fourth-order valence-electron chi connectivity index (χ4n) is 1.62. The van der Waals surface area contributed by atoms with Gasteiger partial charge in [0.15, 0.2) is 0 Å². The van der Waals surface area contributed by atoms with E-state index in [1.807, 2.05) is 32.0 Å². The third kappa shape index (κ3) is 5.72. The van der Waals surface area contributed by atoms with Crippen molar-refractivity contribution in [2.75, 3.05) is 25.6 Å². The normalized spacial score (nSPS) is 12.0. The zero-order chi connectivity index (χ0) is 14.3. The van der Waals surface area contributed by atoms with Gasteiger partial charge in [-0.2, -0.15) is 0 Å². The van der Waals surface area contributed by atoms with E-state index >= 15 is 0 Å².